The minimum absolute atomic E-state index is 0.0526. The van der Waals surface area contributed by atoms with E-state index in [1.807, 2.05) is 30.0 Å². The van der Waals surface area contributed by atoms with Gasteiger partial charge in [-0.15, -0.1) is 0 Å². The van der Waals surface area contributed by atoms with Crippen LogP contribution in [0.25, 0.3) is 0 Å². The molecule has 0 aliphatic heterocycles. The first-order chi connectivity index (χ1) is 15.5. The van der Waals surface area contributed by atoms with E-state index in [2.05, 4.69) is 16.9 Å². The number of carbonyl (C=O) groups is 2. The highest BCUT2D eigenvalue weighted by atomic mass is 32.2. The molecule has 0 radical (unpaired) electrons. The monoisotopic (exact) mass is 459 g/mol. The van der Waals surface area contributed by atoms with Gasteiger partial charge >= 0.3 is 5.97 Å². The number of hydrogen-bond donors (Lipinski definition) is 0. The van der Waals surface area contributed by atoms with Gasteiger partial charge in [-0.3, -0.25) is 9.59 Å². The van der Waals surface area contributed by atoms with Crippen LogP contribution in [-0.4, -0.2) is 62.7 Å². The van der Waals surface area contributed by atoms with Crippen molar-refractivity contribution < 1.29 is 23.8 Å². The van der Waals surface area contributed by atoms with Crippen molar-refractivity contribution in [1.82, 2.24) is 4.90 Å². The fourth-order valence-corrected chi connectivity index (χ4v) is 4.22. The molecule has 0 saturated heterocycles. The maximum Gasteiger partial charge on any atom is 0.306 e. The van der Waals surface area contributed by atoms with Crippen molar-refractivity contribution in [3.63, 3.8) is 0 Å². The number of benzene rings is 2. The van der Waals surface area contributed by atoms with Crippen molar-refractivity contribution in [2.45, 2.75) is 26.2 Å². The fourth-order valence-electron chi connectivity index (χ4n) is 3.36. The van der Waals surface area contributed by atoms with Gasteiger partial charge in [-0.05, 0) is 37.5 Å². The number of hydrogen-bond acceptors (Lipinski definition) is 6. The Morgan fingerprint density at radius 1 is 0.938 bits per heavy atom. The number of ether oxygens (including phenoxy) is 3. The summed E-state index contributed by atoms with van der Waals surface area (Å²) in [6.07, 6.45) is 2.14. The van der Waals surface area contributed by atoms with E-state index in [1.54, 1.807) is 38.1 Å². The second-order valence-electron chi connectivity index (χ2n) is 7.33. The lowest BCUT2D eigenvalue weighted by atomic mass is 10.1. The molecule has 2 rings (SSSR count). The van der Waals surface area contributed by atoms with Crippen LogP contribution in [-0.2, 0) is 16.0 Å². The molecule has 0 aromatic heterocycles. The van der Waals surface area contributed by atoms with Crippen LogP contribution in [0.4, 0.5) is 0 Å². The molecule has 174 valence electrons. The SMILES string of the molecule is COC(=O)CCSCCN(CCCc1ccccc1)C(=O)c1cc(OC)c(C)c(OC)c1. The number of amides is 1. The van der Waals surface area contributed by atoms with E-state index >= 15 is 0 Å². The molecule has 6 nitrogen and oxygen atoms in total. The summed E-state index contributed by atoms with van der Waals surface area (Å²) >= 11 is 1.64. The predicted molar refractivity (Wildman–Crippen MR) is 129 cm³/mol. The van der Waals surface area contributed by atoms with Crippen molar-refractivity contribution in [2.75, 3.05) is 45.9 Å². The molecular weight excluding hydrogens is 426 g/mol. The first-order valence-electron chi connectivity index (χ1n) is 10.7. The van der Waals surface area contributed by atoms with Gasteiger partial charge in [-0.2, -0.15) is 11.8 Å². The Balaban J connectivity index is 2.07. The molecule has 0 spiro atoms. The van der Waals surface area contributed by atoms with Crippen molar-refractivity contribution in [1.29, 1.82) is 0 Å². The normalized spacial score (nSPS) is 10.5. The van der Waals surface area contributed by atoms with Crippen LogP contribution in [0.1, 0.15) is 34.3 Å². The Bertz CT molecular complexity index is 847. The zero-order chi connectivity index (χ0) is 23.3. The average Bonchev–Trinajstić information content (AvgIpc) is 2.82. The maximum absolute atomic E-state index is 13.4. The highest BCUT2D eigenvalue weighted by molar-refractivity contribution is 7.99. The third-order valence-electron chi connectivity index (χ3n) is 5.21. The minimum atomic E-state index is -0.216. The topological polar surface area (TPSA) is 65.1 Å². The average molecular weight is 460 g/mol. The Kier molecular flexibility index (Phi) is 10.9. The Morgan fingerprint density at radius 2 is 1.59 bits per heavy atom. The lowest BCUT2D eigenvalue weighted by Crippen LogP contribution is -2.34. The van der Waals surface area contributed by atoms with E-state index in [-0.39, 0.29) is 11.9 Å². The van der Waals surface area contributed by atoms with Crippen LogP contribution < -0.4 is 9.47 Å². The molecule has 0 fully saturated rings. The summed E-state index contributed by atoms with van der Waals surface area (Å²) in [5.41, 5.74) is 2.66. The largest absolute Gasteiger partial charge is 0.496 e. The first-order valence-corrected chi connectivity index (χ1v) is 11.9. The van der Waals surface area contributed by atoms with Gasteiger partial charge in [0, 0.05) is 35.7 Å². The van der Waals surface area contributed by atoms with Gasteiger partial charge in [0.2, 0.25) is 0 Å². The fraction of sp³-hybridized carbons (Fsp3) is 0.440. The molecule has 1 amide bonds. The second-order valence-corrected chi connectivity index (χ2v) is 8.55. The van der Waals surface area contributed by atoms with Gasteiger partial charge in [0.1, 0.15) is 11.5 Å². The number of carbonyl (C=O) groups excluding carboxylic acids is 2. The summed E-state index contributed by atoms with van der Waals surface area (Å²) in [4.78, 5) is 26.6. The third kappa shape index (κ3) is 7.79. The van der Waals surface area contributed by atoms with E-state index in [4.69, 9.17) is 9.47 Å². The highest BCUT2D eigenvalue weighted by Crippen LogP contribution is 2.30. The summed E-state index contributed by atoms with van der Waals surface area (Å²) < 4.78 is 15.6. The number of methoxy groups -OCH3 is 3. The Morgan fingerprint density at radius 3 is 2.19 bits per heavy atom. The number of aryl methyl sites for hydroxylation is 1. The lowest BCUT2D eigenvalue weighted by molar-refractivity contribution is -0.140. The van der Waals surface area contributed by atoms with Crippen LogP contribution in [0.2, 0.25) is 0 Å². The maximum atomic E-state index is 13.4. The van der Waals surface area contributed by atoms with Crippen LogP contribution in [0, 0.1) is 6.92 Å². The van der Waals surface area contributed by atoms with Crippen LogP contribution in [0.5, 0.6) is 11.5 Å². The predicted octanol–water partition coefficient (Wildman–Crippen LogP) is 4.38. The molecular formula is C25H33NO5S. The van der Waals surface area contributed by atoms with E-state index in [0.717, 1.165) is 24.2 Å². The smallest absolute Gasteiger partial charge is 0.306 e. The zero-order valence-electron chi connectivity index (χ0n) is 19.4. The number of thioether (sulfide) groups is 1. The number of esters is 1. The molecule has 0 aliphatic carbocycles. The molecule has 0 atom stereocenters. The summed E-state index contributed by atoms with van der Waals surface area (Å²) in [7, 11) is 4.57. The van der Waals surface area contributed by atoms with E-state index in [0.29, 0.717) is 42.3 Å². The summed E-state index contributed by atoms with van der Waals surface area (Å²) in [5.74, 6) is 2.41. The Hall–Kier alpha value is -2.67. The van der Waals surface area contributed by atoms with Crippen LogP contribution >= 0.6 is 11.8 Å². The second kappa shape index (κ2) is 13.7. The minimum Gasteiger partial charge on any atom is -0.496 e. The molecule has 0 N–H and O–H groups in total. The number of nitrogens with zero attached hydrogens (tertiary/aromatic N) is 1. The van der Waals surface area contributed by atoms with Gasteiger partial charge in [-0.1, -0.05) is 30.3 Å². The summed E-state index contributed by atoms with van der Waals surface area (Å²) in [5, 5.41) is 0. The van der Waals surface area contributed by atoms with Gasteiger partial charge in [0.05, 0.1) is 27.8 Å². The summed E-state index contributed by atoms with van der Waals surface area (Å²) in [6.45, 7) is 3.14. The molecule has 0 saturated carbocycles. The standard InChI is InChI=1S/C25H33NO5S/c1-19-22(29-2)17-21(18-23(19)30-3)25(28)26(14-16-32-15-12-24(27)31-4)13-8-11-20-9-6-5-7-10-20/h5-7,9-10,17-18H,8,11-16H2,1-4H3. The van der Waals surface area contributed by atoms with Crippen LogP contribution in [0.15, 0.2) is 42.5 Å². The van der Waals surface area contributed by atoms with E-state index < -0.39 is 0 Å². The molecule has 2 aromatic rings. The van der Waals surface area contributed by atoms with Crippen molar-refractivity contribution >= 4 is 23.6 Å². The van der Waals surface area contributed by atoms with Crippen molar-refractivity contribution in [3.8, 4) is 11.5 Å². The molecule has 0 aliphatic rings. The summed E-state index contributed by atoms with van der Waals surface area (Å²) in [6, 6.07) is 13.8. The van der Waals surface area contributed by atoms with Crippen molar-refractivity contribution in [3.05, 3.63) is 59.2 Å². The highest BCUT2D eigenvalue weighted by Gasteiger charge is 2.19. The van der Waals surface area contributed by atoms with Gasteiger partial charge in [-0.25, -0.2) is 0 Å². The lowest BCUT2D eigenvalue weighted by Gasteiger charge is -2.24. The molecule has 0 unspecified atom stereocenters. The third-order valence-corrected chi connectivity index (χ3v) is 6.17. The molecule has 7 heteroatoms. The molecule has 0 bridgehead atoms. The first kappa shape index (κ1) is 25.6. The van der Waals surface area contributed by atoms with Crippen molar-refractivity contribution in [2.24, 2.45) is 0 Å². The van der Waals surface area contributed by atoms with Gasteiger partial charge < -0.3 is 19.1 Å². The van der Waals surface area contributed by atoms with Gasteiger partial charge in [0.25, 0.3) is 5.91 Å². The van der Waals surface area contributed by atoms with E-state index in [1.165, 1.54) is 12.7 Å². The van der Waals surface area contributed by atoms with Gasteiger partial charge in [0.15, 0.2) is 0 Å². The van der Waals surface area contributed by atoms with Crippen LogP contribution in [0.3, 0.4) is 0 Å². The van der Waals surface area contributed by atoms with E-state index in [9.17, 15) is 9.59 Å². The molecule has 0 heterocycles. The molecule has 32 heavy (non-hydrogen) atoms. The Labute approximate surface area is 195 Å². The zero-order valence-corrected chi connectivity index (χ0v) is 20.2. The number of rotatable bonds is 13. The molecule has 2 aromatic carbocycles. The quantitative estimate of drug-likeness (QED) is 0.327.